The van der Waals surface area contributed by atoms with Crippen molar-refractivity contribution in [2.45, 2.75) is 6.92 Å². The lowest BCUT2D eigenvalue weighted by Crippen LogP contribution is -1.79. The molecule has 0 saturated carbocycles. The first-order valence-electron chi connectivity index (χ1n) is 3.59. The first-order chi connectivity index (χ1) is 5.34. The summed E-state index contributed by atoms with van der Waals surface area (Å²) in [7, 11) is 0.762. The summed E-state index contributed by atoms with van der Waals surface area (Å²) in [6, 6.07) is 10.2. The van der Waals surface area contributed by atoms with Crippen LogP contribution in [0.3, 0.4) is 0 Å². The van der Waals surface area contributed by atoms with E-state index >= 15 is 0 Å². The number of allylic oxidation sites excluding steroid dienone is 1. The summed E-state index contributed by atoms with van der Waals surface area (Å²) in [6.07, 6.45) is 1.81. The van der Waals surface area contributed by atoms with Gasteiger partial charge in [-0.2, -0.15) is 0 Å². The number of hydrogen-bond acceptors (Lipinski definition) is 1. The SMILES string of the molecule is CC(=CO[SiH3])c1ccccc1. The number of rotatable bonds is 2. The normalized spacial score (nSPS) is 11.5. The van der Waals surface area contributed by atoms with Gasteiger partial charge in [0.2, 0.25) is 10.5 Å². The molecule has 1 aromatic rings. The molecule has 1 nitrogen and oxygen atoms in total. The van der Waals surface area contributed by atoms with Gasteiger partial charge in [-0.15, -0.1) is 0 Å². The summed E-state index contributed by atoms with van der Waals surface area (Å²) >= 11 is 0. The molecule has 1 rings (SSSR count). The second kappa shape index (κ2) is 3.98. The Kier molecular flexibility index (Phi) is 2.92. The minimum absolute atomic E-state index is 0.762. The van der Waals surface area contributed by atoms with Crippen molar-refractivity contribution in [3.8, 4) is 0 Å². The zero-order chi connectivity index (χ0) is 8.10. The van der Waals surface area contributed by atoms with Crippen LogP contribution in [0.1, 0.15) is 12.5 Å². The quantitative estimate of drug-likeness (QED) is 0.473. The molecule has 0 heterocycles. The van der Waals surface area contributed by atoms with Crippen molar-refractivity contribution in [1.82, 2.24) is 0 Å². The zero-order valence-corrected chi connectivity index (χ0v) is 8.87. The van der Waals surface area contributed by atoms with Crippen molar-refractivity contribution in [3.05, 3.63) is 42.2 Å². The fourth-order valence-electron chi connectivity index (χ4n) is 0.946. The van der Waals surface area contributed by atoms with Gasteiger partial charge in [-0.3, -0.25) is 0 Å². The second-order valence-electron chi connectivity index (χ2n) is 2.40. The van der Waals surface area contributed by atoms with Crippen molar-refractivity contribution in [1.29, 1.82) is 0 Å². The van der Waals surface area contributed by atoms with Crippen molar-refractivity contribution >= 4 is 16.1 Å². The minimum atomic E-state index is 0.762. The second-order valence-corrected chi connectivity index (χ2v) is 2.87. The fourth-order valence-corrected chi connectivity index (χ4v) is 1.30. The molecule has 0 radical (unpaired) electrons. The summed E-state index contributed by atoms with van der Waals surface area (Å²) in [5.74, 6) is 0. The molecule has 0 amide bonds. The van der Waals surface area contributed by atoms with Crippen LogP contribution in [-0.2, 0) is 4.43 Å². The summed E-state index contributed by atoms with van der Waals surface area (Å²) < 4.78 is 5.03. The molecule has 0 fully saturated rings. The van der Waals surface area contributed by atoms with E-state index in [0.717, 1.165) is 10.5 Å². The van der Waals surface area contributed by atoms with E-state index in [1.165, 1.54) is 11.1 Å². The van der Waals surface area contributed by atoms with Gasteiger partial charge < -0.3 is 4.43 Å². The van der Waals surface area contributed by atoms with Gasteiger partial charge in [-0.1, -0.05) is 30.3 Å². The third kappa shape index (κ3) is 2.24. The smallest absolute Gasteiger partial charge is 0.203 e. The minimum Gasteiger partial charge on any atom is -0.558 e. The topological polar surface area (TPSA) is 9.23 Å². The maximum Gasteiger partial charge on any atom is 0.203 e. The number of benzene rings is 1. The van der Waals surface area contributed by atoms with Crippen LogP contribution >= 0.6 is 0 Å². The lowest BCUT2D eigenvalue weighted by Gasteiger charge is -1.99. The van der Waals surface area contributed by atoms with E-state index in [2.05, 4.69) is 12.1 Å². The molecule has 0 aromatic heterocycles. The molecule has 0 aliphatic rings. The Hall–Kier alpha value is -1.02. The van der Waals surface area contributed by atoms with Crippen LogP contribution in [0.15, 0.2) is 36.6 Å². The van der Waals surface area contributed by atoms with Gasteiger partial charge in [0.15, 0.2) is 0 Å². The first-order valence-corrected chi connectivity index (χ1v) is 4.41. The molecular weight excluding hydrogens is 152 g/mol. The van der Waals surface area contributed by atoms with Gasteiger partial charge in [0.1, 0.15) is 0 Å². The standard InChI is InChI=1S/C9H12OSi/c1-8(7-10-11)9-5-3-2-4-6-9/h2-7H,1,11H3. The summed E-state index contributed by atoms with van der Waals surface area (Å²) in [6.45, 7) is 2.05. The predicted molar refractivity (Wildman–Crippen MR) is 51.1 cm³/mol. The lowest BCUT2D eigenvalue weighted by molar-refractivity contribution is 0.537. The van der Waals surface area contributed by atoms with Crippen LogP contribution in [0.2, 0.25) is 0 Å². The summed E-state index contributed by atoms with van der Waals surface area (Å²) in [4.78, 5) is 0. The molecule has 0 aliphatic carbocycles. The van der Waals surface area contributed by atoms with Gasteiger partial charge in [0, 0.05) is 0 Å². The molecular formula is C9H12OSi. The van der Waals surface area contributed by atoms with E-state index in [4.69, 9.17) is 4.43 Å². The Morgan fingerprint density at radius 2 is 2.00 bits per heavy atom. The van der Waals surface area contributed by atoms with Crippen LogP contribution in [0.4, 0.5) is 0 Å². The predicted octanol–water partition coefficient (Wildman–Crippen LogP) is 1.34. The molecule has 0 spiro atoms. The molecule has 0 atom stereocenters. The lowest BCUT2D eigenvalue weighted by atomic mass is 10.1. The maximum atomic E-state index is 5.03. The monoisotopic (exact) mass is 164 g/mol. The molecule has 1 aromatic carbocycles. The van der Waals surface area contributed by atoms with Gasteiger partial charge in [0.05, 0.1) is 6.26 Å². The highest BCUT2D eigenvalue weighted by atomic mass is 28.2. The Morgan fingerprint density at radius 1 is 1.36 bits per heavy atom. The van der Waals surface area contributed by atoms with Crippen molar-refractivity contribution < 1.29 is 4.43 Å². The molecule has 58 valence electrons. The van der Waals surface area contributed by atoms with E-state index in [1.807, 2.05) is 31.4 Å². The highest BCUT2D eigenvalue weighted by Gasteiger charge is 1.91. The van der Waals surface area contributed by atoms with E-state index in [0.29, 0.717) is 0 Å². The third-order valence-corrected chi connectivity index (χ3v) is 1.76. The molecule has 0 saturated heterocycles. The van der Waals surface area contributed by atoms with Crippen LogP contribution < -0.4 is 0 Å². The van der Waals surface area contributed by atoms with Gasteiger partial charge in [-0.25, -0.2) is 0 Å². The van der Waals surface area contributed by atoms with E-state index in [1.54, 1.807) is 0 Å². The molecule has 11 heavy (non-hydrogen) atoms. The zero-order valence-electron chi connectivity index (χ0n) is 6.87. The Labute approximate surface area is 70.2 Å². The number of hydrogen-bond donors (Lipinski definition) is 0. The van der Waals surface area contributed by atoms with E-state index < -0.39 is 0 Å². The largest absolute Gasteiger partial charge is 0.558 e. The summed E-state index contributed by atoms with van der Waals surface area (Å²) in [5, 5.41) is 0. The van der Waals surface area contributed by atoms with E-state index in [-0.39, 0.29) is 0 Å². The Morgan fingerprint density at radius 3 is 2.55 bits per heavy atom. The van der Waals surface area contributed by atoms with Gasteiger partial charge in [0.25, 0.3) is 0 Å². The third-order valence-electron chi connectivity index (χ3n) is 1.52. The highest BCUT2D eigenvalue weighted by Crippen LogP contribution is 2.11. The summed E-state index contributed by atoms with van der Waals surface area (Å²) in [5.41, 5.74) is 2.41. The Balaban J connectivity index is 2.85. The van der Waals surface area contributed by atoms with Crippen LogP contribution in [-0.4, -0.2) is 10.5 Å². The average molecular weight is 164 g/mol. The van der Waals surface area contributed by atoms with Crippen LogP contribution in [0, 0.1) is 0 Å². The highest BCUT2D eigenvalue weighted by molar-refractivity contribution is 5.98. The maximum absolute atomic E-state index is 5.03. The van der Waals surface area contributed by atoms with Crippen LogP contribution in [0.25, 0.3) is 5.57 Å². The fraction of sp³-hybridized carbons (Fsp3) is 0.111. The first kappa shape index (κ1) is 8.08. The van der Waals surface area contributed by atoms with Gasteiger partial charge >= 0.3 is 0 Å². The van der Waals surface area contributed by atoms with Crippen molar-refractivity contribution in [3.63, 3.8) is 0 Å². The Bertz CT molecular complexity index is 241. The molecule has 2 heteroatoms. The van der Waals surface area contributed by atoms with Crippen LogP contribution in [0.5, 0.6) is 0 Å². The van der Waals surface area contributed by atoms with Crippen molar-refractivity contribution in [2.24, 2.45) is 0 Å². The average Bonchev–Trinajstić information content (AvgIpc) is 2.07. The molecule has 0 N–H and O–H groups in total. The van der Waals surface area contributed by atoms with Gasteiger partial charge in [-0.05, 0) is 18.1 Å². The molecule has 0 bridgehead atoms. The van der Waals surface area contributed by atoms with E-state index in [9.17, 15) is 0 Å². The molecule has 0 aliphatic heterocycles. The van der Waals surface area contributed by atoms with Crippen molar-refractivity contribution in [2.75, 3.05) is 0 Å². The molecule has 0 unspecified atom stereocenters.